The van der Waals surface area contributed by atoms with E-state index in [1.54, 1.807) is 0 Å². The molecule has 1 aromatic carbocycles. The molecule has 0 radical (unpaired) electrons. The van der Waals surface area contributed by atoms with Crippen LogP contribution in [0.1, 0.15) is 25.6 Å². The van der Waals surface area contributed by atoms with Gasteiger partial charge in [0.1, 0.15) is 5.82 Å². The van der Waals surface area contributed by atoms with Crippen LogP contribution < -0.4 is 5.73 Å². The zero-order valence-corrected chi connectivity index (χ0v) is 11.8. The van der Waals surface area contributed by atoms with E-state index in [9.17, 15) is 0 Å². The first kappa shape index (κ1) is 12.5. The Labute approximate surface area is 114 Å². The molecule has 0 bridgehead atoms. The zero-order chi connectivity index (χ0) is 13.4. The molecule has 0 atom stereocenters. The van der Waals surface area contributed by atoms with Gasteiger partial charge in [0.05, 0.1) is 11.0 Å². The zero-order valence-electron chi connectivity index (χ0n) is 11.8. The first-order valence-corrected chi connectivity index (χ1v) is 7.14. The van der Waals surface area contributed by atoms with E-state index in [0.717, 1.165) is 42.6 Å². The summed E-state index contributed by atoms with van der Waals surface area (Å²) in [4.78, 5) is 7.16. The second-order valence-electron chi connectivity index (χ2n) is 5.49. The minimum Gasteiger partial charge on any atom is -0.399 e. The molecule has 0 aliphatic heterocycles. The number of aryl methyl sites for hydroxylation is 1. The van der Waals surface area contributed by atoms with Crippen molar-refractivity contribution in [1.82, 2.24) is 14.5 Å². The number of aromatic nitrogens is 2. The predicted octanol–water partition coefficient (Wildman–Crippen LogP) is 2.28. The number of nitrogens with zero attached hydrogens (tertiary/aromatic N) is 3. The number of likely N-dealkylation sites (N-methyl/N-ethyl adjacent to an activating group) is 1. The predicted molar refractivity (Wildman–Crippen MR) is 79.2 cm³/mol. The van der Waals surface area contributed by atoms with Gasteiger partial charge >= 0.3 is 0 Å². The largest absolute Gasteiger partial charge is 0.399 e. The fourth-order valence-corrected chi connectivity index (χ4v) is 2.67. The van der Waals surface area contributed by atoms with E-state index in [1.165, 1.54) is 18.4 Å². The van der Waals surface area contributed by atoms with Crippen LogP contribution in [0, 0.1) is 0 Å². The highest BCUT2D eigenvalue weighted by atomic mass is 15.2. The normalized spacial score (nSPS) is 15.5. The summed E-state index contributed by atoms with van der Waals surface area (Å²) in [7, 11) is 2.22. The molecule has 0 unspecified atom stereocenters. The molecule has 2 aromatic rings. The van der Waals surface area contributed by atoms with Gasteiger partial charge in [-0.25, -0.2) is 4.98 Å². The Bertz CT molecular complexity index is 583. The van der Waals surface area contributed by atoms with Crippen molar-refractivity contribution in [3.8, 4) is 0 Å². The Kier molecular flexibility index (Phi) is 3.19. The first-order valence-electron chi connectivity index (χ1n) is 7.14. The van der Waals surface area contributed by atoms with Crippen molar-refractivity contribution in [2.75, 3.05) is 19.3 Å². The van der Waals surface area contributed by atoms with Crippen LogP contribution in [0.2, 0.25) is 0 Å². The molecule has 19 heavy (non-hydrogen) atoms. The third-order valence-electron chi connectivity index (χ3n) is 4.01. The topological polar surface area (TPSA) is 47.1 Å². The number of benzene rings is 1. The molecular formula is C15H22N4. The van der Waals surface area contributed by atoms with Gasteiger partial charge in [-0.3, -0.25) is 0 Å². The number of nitrogens with two attached hydrogens (primary N) is 1. The third kappa shape index (κ3) is 2.45. The van der Waals surface area contributed by atoms with Gasteiger partial charge in [0.15, 0.2) is 0 Å². The summed E-state index contributed by atoms with van der Waals surface area (Å²) >= 11 is 0. The second-order valence-corrected chi connectivity index (χ2v) is 5.49. The average molecular weight is 258 g/mol. The summed E-state index contributed by atoms with van der Waals surface area (Å²) in [6.45, 7) is 4.26. The van der Waals surface area contributed by atoms with Gasteiger partial charge in [0.2, 0.25) is 0 Å². The van der Waals surface area contributed by atoms with E-state index in [0.29, 0.717) is 0 Å². The lowest BCUT2D eigenvalue weighted by atomic mass is 10.3. The number of anilines is 1. The Morgan fingerprint density at radius 2 is 2.21 bits per heavy atom. The van der Waals surface area contributed by atoms with Crippen LogP contribution in [0.15, 0.2) is 18.2 Å². The SMILES string of the molecule is CCc1nc2cc(N)ccc2n1CCN(C)C1CC1. The summed E-state index contributed by atoms with van der Waals surface area (Å²) in [6, 6.07) is 6.84. The van der Waals surface area contributed by atoms with Gasteiger partial charge < -0.3 is 15.2 Å². The molecule has 1 aliphatic carbocycles. The Hall–Kier alpha value is -1.55. The highest BCUT2D eigenvalue weighted by Gasteiger charge is 2.25. The van der Waals surface area contributed by atoms with Crippen molar-refractivity contribution in [1.29, 1.82) is 0 Å². The average Bonchev–Trinajstić information content (AvgIpc) is 3.18. The molecule has 1 aliphatic rings. The smallest absolute Gasteiger partial charge is 0.109 e. The Morgan fingerprint density at radius 3 is 2.89 bits per heavy atom. The third-order valence-corrected chi connectivity index (χ3v) is 4.01. The van der Waals surface area contributed by atoms with E-state index < -0.39 is 0 Å². The van der Waals surface area contributed by atoms with Crippen LogP contribution in [0.4, 0.5) is 5.69 Å². The molecule has 1 fully saturated rings. The van der Waals surface area contributed by atoms with E-state index in [4.69, 9.17) is 10.7 Å². The number of hydrogen-bond donors (Lipinski definition) is 1. The van der Waals surface area contributed by atoms with Gasteiger partial charge in [0, 0.05) is 31.2 Å². The highest BCUT2D eigenvalue weighted by Crippen LogP contribution is 2.25. The lowest BCUT2D eigenvalue weighted by Gasteiger charge is -2.17. The highest BCUT2D eigenvalue weighted by molar-refractivity contribution is 5.79. The molecule has 1 aromatic heterocycles. The Balaban J connectivity index is 1.87. The van der Waals surface area contributed by atoms with Crippen molar-refractivity contribution >= 4 is 16.7 Å². The van der Waals surface area contributed by atoms with Gasteiger partial charge in [-0.15, -0.1) is 0 Å². The minimum absolute atomic E-state index is 0.787. The van der Waals surface area contributed by atoms with E-state index in [-0.39, 0.29) is 0 Å². The Morgan fingerprint density at radius 1 is 1.42 bits per heavy atom. The molecule has 0 spiro atoms. The molecule has 1 saturated carbocycles. The molecule has 2 N–H and O–H groups in total. The van der Waals surface area contributed by atoms with E-state index in [1.807, 2.05) is 12.1 Å². The molecule has 102 valence electrons. The second kappa shape index (κ2) is 4.85. The lowest BCUT2D eigenvalue weighted by molar-refractivity contribution is 0.309. The van der Waals surface area contributed by atoms with Crippen molar-refractivity contribution in [3.63, 3.8) is 0 Å². The molecule has 1 heterocycles. The summed E-state index contributed by atoms with van der Waals surface area (Å²) in [5.74, 6) is 1.16. The maximum Gasteiger partial charge on any atom is 0.109 e. The maximum absolute atomic E-state index is 5.84. The van der Waals surface area contributed by atoms with Crippen LogP contribution in [-0.2, 0) is 13.0 Å². The lowest BCUT2D eigenvalue weighted by Crippen LogP contribution is -2.25. The summed E-state index contributed by atoms with van der Waals surface area (Å²) < 4.78 is 2.34. The van der Waals surface area contributed by atoms with E-state index >= 15 is 0 Å². The summed E-state index contributed by atoms with van der Waals surface area (Å²) in [5.41, 5.74) is 8.85. The first-order chi connectivity index (χ1) is 9.19. The van der Waals surface area contributed by atoms with Gasteiger partial charge in [-0.2, -0.15) is 0 Å². The number of hydrogen-bond acceptors (Lipinski definition) is 3. The fraction of sp³-hybridized carbons (Fsp3) is 0.533. The maximum atomic E-state index is 5.84. The van der Waals surface area contributed by atoms with E-state index in [2.05, 4.69) is 29.5 Å². The van der Waals surface area contributed by atoms with Gasteiger partial charge in [-0.05, 0) is 38.1 Å². The van der Waals surface area contributed by atoms with Gasteiger partial charge in [0.25, 0.3) is 0 Å². The van der Waals surface area contributed by atoms with Crippen molar-refractivity contribution < 1.29 is 0 Å². The van der Waals surface area contributed by atoms with Crippen LogP contribution in [0.5, 0.6) is 0 Å². The molecule has 4 nitrogen and oxygen atoms in total. The number of rotatable bonds is 5. The van der Waals surface area contributed by atoms with Crippen LogP contribution in [0.3, 0.4) is 0 Å². The quantitative estimate of drug-likeness (QED) is 0.837. The molecule has 0 saturated heterocycles. The van der Waals surface area contributed by atoms with Crippen molar-refractivity contribution in [2.45, 2.75) is 38.8 Å². The van der Waals surface area contributed by atoms with Crippen molar-refractivity contribution in [3.05, 3.63) is 24.0 Å². The van der Waals surface area contributed by atoms with Gasteiger partial charge in [-0.1, -0.05) is 6.92 Å². The number of imidazole rings is 1. The number of nitrogen functional groups attached to an aromatic ring is 1. The monoisotopic (exact) mass is 258 g/mol. The fourth-order valence-electron chi connectivity index (χ4n) is 2.67. The van der Waals surface area contributed by atoms with Crippen LogP contribution >= 0.6 is 0 Å². The minimum atomic E-state index is 0.787. The van der Waals surface area contributed by atoms with Crippen LogP contribution in [-0.4, -0.2) is 34.1 Å². The number of fused-ring (bicyclic) bond motifs is 1. The molecular weight excluding hydrogens is 236 g/mol. The molecule has 0 amide bonds. The van der Waals surface area contributed by atoms with Crippen molar-refractivity contribution in [2.24, 2.45) is 0 Å². The standard InChI is InChI=1S/C15H22N4/c1-3-15-17-13-10-11(16)4-7-14(13)19(15)9-8-18(2)12-5-6-12/h4,7,10,12H,3,5-6,8-9,16H2,1-2H3. The molecule has 4 heteroatoms. The van der Waals surface area contributed by atoms with Crippen LogP contribution in [0.25, 0.3) is 11.0 Å². The summed E-state index contributed by atoms with van der Waals surface area (Å²) in [5, 5.41) is 0. The molecule has 3 rings (SSSR count). The summed E-state index contributed by atoms with van der Waals surface area (Å²) in [6.07, 6.45) is 3.68.